The smallest absolute Gasteiger partial charge is 0.236 e. The first-order valence-corrected chi connectivity index (χ1v) is 10.1. The molecule has 2 fully saturated rings. The first-order valence-electron chi connectivity index (χ1n) is 9.22. The zero-order valence-electron chi connectivity index (χ0n) is 14.8. The van der Waals surface area contributed by atoms with Crippen LogP contribution in [0.15, 0.2) is 17.5 Å². The largest absolute Gasteiger partial charge is 0.355 e. The highest BCUT2D eigenvalue weighted by Crippen LogP contribution is 2.10. The minimum atomic E-state index is 0.0955. The minimum Gasteiger partial charge on any atom is -0.355 e. The van der Waals surface area contributed by atoms with Crippen LogP contribution in [0.3, 0.4) is 0 Å². The molecule has 7 heteroatoms. The summed E-state index contributed by atoms with van der Waals surface area (Å²) in [5.74, 6) is 0.357. The molecule has 0 aliphatic carbocycles. The van der Waals surface area contributed by atoms with E-state index in [0.29, 0.717) is 19.6 Å². The van der Waals surface area contributed by atoms with Crippen LogP contribution >= 0.6 is 11.3 Å². The molecule has 2 saturated heterocycles. The van der Waals surface area contributed by atoms with E-state index in [4.69, 9.17) is 0 Å². The summed E-state index contributed by atoms with van der Waals surface area (Å²) in [6.45, 7) is 6.96. The Hall–Kier alpha value is -1.44. The van der Waals surface area contributed by atoms with Gasteiger partial charge in [-0.2, -0.15) is 0 Å². The lowest BCUT2D eigenvalue weighted by molar-refractivity contribution is -0.132. The Morgan fingerprint density at radius 2 is 1.68 bits per heavy atom. The van der Waals surface area contributed by atoms with Gasteiger partial charge < -0.3 is 10.2 Å². The summed E-state index contributed by atoms with van der Waals surface area (Å²) < 4.78 is 0. The maximum absolute atomic E-state index is 12.2. The van der Waals surface area contributed by atoms with Crippen molar-refractivity contribution in [2.45, 2.75) is 19.3 Å². The number of hydrogen-bond donors (Lipinski definition) is 1. The standard InChI is InChI=1S/C18H28N4O2S/c23-17(19-6-5-16-4-3-13-25-16)14-20-9-11-21(12-10-20)15-18(24)22-7-1-2-8-22/h3-4,13H,1-2,5-12,14-15H2,(H,19,23). The summed E-state index contributed by atoms with van der Waals surface area (Å²) in [7, 11) is 0. The van der Waals surface area contributed by atoms with Gasteiger partial charge in [-0.15, -0.1) is 11.3 Å². The van der Waals surface area contributed by atoms with Crippen molar-refractivity contribution in [3.8, 4) is 0 Å². The molecule has 0 radical (unpaired) electrons. The summed E-state index contributed by atoms with van der Waals surface area (Å²) in [6, 6.07) is 4.13. The van der Waals surface area contributed by atoms with Crippen molar-refractivity contribution >= 4 is 23.2 Å². The van der Waals surface area contributed by atoms with Gasteiger partial charge in [0.25, 0.3) is 0 Å². The van der Waals surface area contributed by atoms with Gasteiger partial charge >= 0.3 is 0 Å². The molecule has 0 spiro atoms. The molecule has 1 aromatic rings. The fourth-order valence-corrected chi connectivity index (χ4v) is 4.11. The highest BCUT2D eigenvalue weighted by atomic mass is 32.1. The van der Waals surface area contributed by atoms with E-state index in [2.05, 4.69) is 26.6 Å². The molecule has 2 amide bonds. The zero-order valence-corrected chi connectivity index (χ0v) is 15.6. The lowest BCUT2D eigenvalue weighted by Gasteiger charge is -2.34. The Kier molecular flexibility index (Phi) is 6.84. The lowest BCUT2D eigenvalue weighted by Crippen LogP contribution is -2.51. The lowest BCUT2D eigenvalue weighted by atomic mass is 10.3. The number of piperazine rings is 1. The van der Waals surface area contributed by atoms with Crippen LogP contribution in [-0.4, -0.2) is 85.4 Å². The number of carbonyl (C=O) groups is 2. The molecule has 0 atom stereocenters. The molecule has 3 rings (SSSR count). The summed E-state index contributed by atoms with van der Waals surface area (Å²) in [4.78, 5) is 31.9. The van der Waals surface area contributed by atoms with Gasteiger partial charge in [0.15, 0.2) is 0 Å². The van der Waals surface area contributed by atoms with E-state index in [-0.39, 0.29) is 11.8 Å². The third-order valence-electron chi connectivity index (χ3n) is 4.92. The molecule has 1 N–H and O–H groups in total. The fourth-order valence-electron chi connectivity index (χ4n) is 3.40. The van der Waals surface area contributed by atoms with Crippen molar-refractivity contribution in [3.05, 3.63) is 22.4 Å². The minimum absolute atomic E-state index is 0.0955. The quantitative estimate of drug-likeness (QED) is 0.772. The molecule has 0 unspecified atom stereocenters. The second-order valence-electron chi connectivity index (χ2n) is 6.82. The van der Waals surface area contributed by atoms with Crippen LogP contribution in [0.4, 0.5) is 0 Å². The molecular formula is C18H28N4O2S. The Labute approximate surface area is 153 Å². The summed E-state index contributed by atoms with van der Waals surface area (Å²) in [5, 5.41) is 5.06. The molecule has 3 heterocycles. The first-order chi connectivity index (χ1) is 12.2. The van der Waals surface area contributed by atoms with Crippen molar-refractivity contribution in [3.63, 3.8) is 0 Å². The molecule has 0 bridgehead atoms. The van der Waals surface area contributed by atoms with E-state index in [1.165, 1.54) is 4.88 Å². The Morgan fingerprint density at radius 3 is 2.32 bits per heavy atom. The molecule has 1 aromatic heterocycles. The molecule has 2 aliphatic rings. The third-order valence-corrected chi connectivity index (χ3v) is 5.86. The van der Waals surface area contributed by atoms with Crippen LogP contribution in [0.2, 0.25) is 0 Å². The summed E-state index contributed by atoms with van der Waals surface area (Å²) in [6.07, 6.45) is 3.18. The number of nitrogens with one attached hydrogen (secondary N) is 1. The van der Waals surface area contributed by atoms with Gasteiger partial charge in [0, 0.05) is 50.7 Å². The normalized spacial score (nSPS) is 19.3. The molecule has 25 heavy (non-hydrogen) atoms. The predicted octanol–water partition coefficient (Wildman–Crippen LogP) is 0.647. The zero-order chi connectivity index (χ0) is 17.5. The fraction of sp³-hybridized carbons (Fsp3) is 0.667. The van der Waals surface area contributed by atoms with Crippen molar-refractivity contribution in [2.24, 2.45) is 0 Å². The predicted molar refractivity (Wildman–Crippen MR) is 99.7 cm³/mol. The maximum Gasteiger partial charge on any atom is 0.236 e. The van der Waals surface area contributed by atoms with Gasteiger partial charge in [-0.05, 0) is 30.7 Å². The van der Waals surface area contributed by atoms with E-state index in [0.717, 1.165) is 58.5 Å². The van der Waals surface area contributed by atoms with Gasteiger partial charge in [0.05, 0.1) is 13.1 Å². The second kappa shape index (κ2) is 9.31. The number of thiophene rings is 1. The number of amides is 2. The van der Waals surface area contributed by atoms with Crippen molar-refractivity contribution in [2.75, 3.05) is 58.9 Å². The highest BCUT2D eigenvalue weighted by Gasteiger charge is 2.24. The maximum atomic E-state index is 12.2. The topological polar surface area (TPSA) is 55.9 Å². The molecule has 6 nitrogen and oxygen atoms in total. The van der Waals surface area contributed by atoms with Crippen LogP contribution in [0.25, 0.3) is 0 Å². The number of carbonyl (C=O) groups excluding carboxylic acids is 2. The van der Waals surface area contributed by atoms with Gasteiger partial charge in [0.1, 0.15) is 0 Å². The highest BCUT2D eigenvalue weighted by molar-refractivity contribution is 7.09. The van der Waals surface area contributed by atoms with Crippen molar-refractivity contribution < 1.29 is 9.59 Å². The average molecular weight is 365 g/mol. The van der Waals surface area contributed by atoms with E-state index in [1.807, 2.05) is 11.0 Å². The molecular weight excluding hydrogens is 336 g/mol. The number of likely N-dealkylation sites (tertiary alicyclic amines) is 1. The van der Waals surface area contributed by atoms with Crippen LogP contribution in [0.1, 0.15) is 17.7 Å². The summed E-state index contributed by atoms with van der Waals surface area (Å²) in [5.41, 5.74) is 0. The van der Waals surface area contributed by atoms with Crippen LogP contribution in [0.5, 0.6) is 0 Å². The monoisotopic (exact) mass is 364 g/mol. The Bertz CT molecular complexity index is 549. The molecule has 2 aliphatic heterocycles. The van der Waals surface area contributed by atoms with E-state index < -0.39 is 0 Å². The third kappa shape index (κ3) is 5.80. The first kappa shape index (κ1) is 18.4. The number of rotatable bonds is 7. The number of nitrogens with zero attached hydrogens (tertiary/aromatic N) is 3. The van der Waals surface area contributed by atoms with Gasteiger partial charge in [-0.1, -0.05) is 6.07 Å². The van der Waals surface area contributed by atoms with Gasteiger partial charge in [0.2, 0.25) is 11.8 Å². The molecule has 0 aromatic carbocycles. The van der Waals surface area contributed by atoms with Crippen molar-refractivity contribution in [1.82, 2.24) is 20.0 Å². The SMILES string of the molecule is O=C(CN1CCN(CC(=O)N2CCCC2)CC1)NCCc1cccs1. The van der Waals surface area contributed by atoms with E-state index >= 15 is 0 Å². The van der Waals surface area contributed by atoms with E-state index in [1.54, 1.807) is 11.3 Å². The van der Waals surface area contributed by atoms with Crippen LogP contribution in [-0.2, 0) is 16.0 Å². The Morgan fingerprint density at radius 1 is 1.00 bits per heavy atom. The van der Waals surface area contributed by atoms with E-state index in [9.17, 15) is 9.59 Å². The van der Waals surface area contributed by atoms with Crippen LogP contribution < -0.4 is 5.32 Å². The molecule has 138 valence electrons. The van der Waals surface area contributed by atoms with Gasteiger partial charge in [-0.3, -0.25) is 19.4 Å². The summed E-state index contributed by atoms with van der Waals surface area (Å²) >= 11 is 1.73. The Balaban J connectivity index is 1.29. The van der Waals surface area contributed by atoms with Gasteiger partial charge in [-0.25, -0.2) is 0 Å². The van der Waals surface area contributed by atoms with Crippen LogP contribution in [0, 0.1) is 0 Å². The number of hydrogen-bond acceptors (Lipinski definition) is 5. The average Bonchev–Trinajstić information content (AvgIpc) is 3.30. The second-order valence-corrected chi connectivity index (χ2v) is 7.85. The van der Waals surface area contributed by atoms with Crippen molar-refractivity contribution in [1.29, 1.82) is 0 Å². The molecule has 0 saturated carbocycles.